The van der Waals surface area contributed by atoms with Crippen molar-refractivity contribution in [2.45, 2.75) is 50.7 Å². The van der Waals surface area contributed by atoms with Crippen LogP contribution in [-0.4, -0.2) is 26.5 Å². The highest BCUT2D eigenvalue weighted by Gasteiger charge is 2.15. The van der Waals surface area contributed by atoms with Crippen molar-refractivity contribution in [1.82, 2.24) is 20.2 Å². The lowest BCUT2D eigenvalue weighted by Gasteiger charge is -2.20. The molecule has 0 unspecified atom stereocenters. The van der Waals surface area contributed by atoms with Crippen LogP contribution in [0.1, 0.15) is 48.2 Å². The van der Waals surface area contributed by atoms with E-state index < -0.39 is 5.56 Å². The van der Waals surface area contributed by atoms with E-state index in [2.05, 4.69) is 33.7 Å². The highest BCUT2D eigenvalue weighted by Crippen LogP contribution is 2.24. The van der Waals surface area contributed by atoms with E-state index in [0.29, 0.717) is 0 Å². The van der Waals surface area contributed by atoms with Crippen molar-refractivity contribution < 1.29 is 4.79 Å². The van der Waals surface area contributed by atoms with Gasteiger partial charge in [-0.15, -0.1) is 10.2 Å². The van der Waals surface area contributed by atoms with E-state index in [0.717, 1.165) is 34.8 Å². The number of carbonyl (C=O) groups is 1. The highest BCUT2D eigenvalue weighted by atomic mass is 32.2. The molecular weight excluding hydrogens is 350 g/mol. The molecule has 7 nitrogen and oxygen atoms in total. The fourth-order valence-electron chi connectivity index (χ4n) is 3.09. The van der Waals surface area contributed by atoms with E-state index in [1.807, 2.05) is 6.92 Å². The van der Waals surface area contributed by atoms with Crippen LogP contribution in [-0.2, 0) is 17.6 Å². The number of carbonyl (C=O) groups excluding carboxylic acids is 1. The van der Waals surface area contributed by atoms with Crippen molar-refractivity contribution in [3.8, 4) is 0 Å². The first-order valence-corrected chi connectivity index (χ1v) is 9.69. The van der Waals surface area contributed by atoms with Crippen LogP contribution < -0.4 is 16.7 Å². The molecule has 138 valence electrons. The topological polar surface area (TPSA) is 103 Å². The first-order valence-electron chi connectivity index (χ1n) is 8.71. The van der Waals surface area contributed by atoms with Crippen LogP contribution in [0.2, 0.25) is 0 Å². The SMILES string of the molecule is Cc1nnc(SCC(=O)N[C@H](C)c2ccc3c(c2)CCCC3)n(N)c1=O. The number of nitrogens with two attached hydrogens (primary N) is 1. The van der Waals surface area contributed by atoms with Gasteiger partial charge in [-0.05, 0) is 56.2 Å². The molecule has 2 aromatic rings. The standard InChI is InChI=1S/C18H23N5O2S/c1-11(14-8-7-13-5-3-4-6-15(13)9-14)20-16(24)10-26-18-22-21-12(2)17(25)23(18)19/h7-9,11H,3-6,10,19H2,1-2H3,(H,20,24)/t11-/m1/s1. The van der Waals surface area contributed by atoms with Crippen molar-refractivity contribution in [1.29, 1.82) is 0 Å². The summed E-state index contributed by atoms with van der Waals surface area (Å²) in [4.78, 5) is 24.0. The van der Waals surface area contributed by atoms with Gasteiger partial charge in [0.1, 0.15) is 5.69 Å². The second-order valence-corrected chi connectivity index (χ2v) is 7.50. The number of nitrogens with one attached hydrogen (secondary N) is 1. The van der Waals surface area contributed by atoms with Gasteiger partial charge in [-0.3, -0.25) is 9.59 Å². The van der Waals surface area contributed by atoms with E-state index in [1.54, 1.807) is 6.92 Å². The average molecular weight is 373 g/mol. The van der Waals surface area contributed by atoms with E-state index in [4.69, 9.17) is 5.84 Å². The number of hydrogen-bond donors (Lipinski definition) is 2. The van der Waals surface area contributed by atoms with Crippen LogP contribution in [0, 0.1) is 6.92 Å². The summed E-state index contributed by atoms with van der Waals surface area (Å²) < 4.78 is 0.924. The smallest absolute Gasteiger partial charge is 0.294 e. The molecule has 1 heterocycles. The molecule has 0 saturated carbocycles. The van der Waals surface area contributed by atoms with Crippen LogP contribution in [0.15, 0.2) is 28.2 Å². The third-order valence-electron chi connectivity index (χ3n) is 4.60. The van der Waals surface area contributed by atoms with Gasteiger partial charge in [0, 0.05) is 0 Å². The molecule has 3 rings (SSSR count). The Morgan fingerprint density at radius 3 is 2.81 bits per heavy atom. The number of aryl methyl sites for hydroxylation is 3. The number of thioether (sulfide) groups is 1. The molecule has 3 N–H and O–H groups in total. The fraction of sp³-hybridized carbons (Fsp3) is 0.444. The summed E-state index contributed by atoms with van der Waals surface area (Å²) in [5.41, 5.74) is 3.74. The molecule has 1 atom stereocenters. The Labute approximate surface area is 156 Å². The molecule has 1 aliphatic carbocycles. The van der Waals surface area contributed by atoms with E-state index >= 15 is 0 Å². The molecule has 0 spiro atoms. The number of amides is 1. The van der Waals surface area contributed by atoms with Gasteiger partial charge in [0.25, 0.3) is 5.56 Å². The Hall–Kier alpha value is -2.35. The third kappa shape index (κ3) is 4.07. The Morgan fingerprint density at radius 1 is 1.31 bits per heavy atom. The molecular formula is C18H23N5O2S. The molecule has 1 aliphatic rings. The largest absolute Gasteiger partial charge is 0.349 e. The van der Waals surface area contributed by atoms with Gasteiger partial charge in [0.2, 0.25) is 11.1 Å². The van der Waals surface area contributed by atoms with Crippen molar-refractivity contribution in [3.05, 3.63) is 50.9 Å². The van der Waals surface area contributed by atoms with Crippen LogP contribution in [0.3, 0.4) is 0 Å². The Kier molecular flexibility index (Phi) is 5.61. The van der Waals surface area contributed by atoms with Gasteiger partial charge >= 0.3 is 0 Å². The second kappa shape index (κ2) is 7.90. The summed E-state index contributed by atoms with van der Waals surface area (Å²) in [5.74, 6) is 5.65. The van der Waals surface area contributed by atoms with E-state index in [1.165, 1.54) is 24.0 Å². The van der Waals surface area contributed by atoms with Gasteiger partial charge < -0.3 is 11.2 Å². The first-order chi connectivity index (χ1) is 12.5. The monoisotopic (exact) mass is 373 g/mol. The normalized spacial score (nSPS) is 14.5. The molecule has 0 saturated heterocycles. The molecule has 8 heteroatoms. The minimum Gasteiger partial charge on any atom is -0.349 e. The fourth-order valence-corrected chi connectivity index (χ4v) is 3.75. The zero-order valence-corrected chi connectivity index (χ0v) is 15.8. The second-order valence-electron chi connectivity index (χ2n) is 6.56. The Balaban J connectivity index is 1.59. The molecule has 1 aromatic carbocycles. The molecule has 0 fully saturated rings. The minimum atomic E-state index is -0.412. The molecule has 1 amide bonds. The number of benzene rings is 1. The van der Waals surface area contributed by atoms with Gasteiger partial charge in [-0.2, -0.15) is 4.68 Å². The van der Waals surface area contributed by atoms with Crippen LogP contribution in [0.4, 0.5) is 0 Å². The average Bonchev–Trinajstić information content (AvgIpc) is 2.65. The molecule has 26 heavy (non-hydrogen) atoms. The summed E-state index contributed by atoms with van der Waals surface area (Å²) in [6.07, 6.45) is 4.74. The van der Waals surface area contributed by atoms with E-state index in [9.17, 15) is 9.59 Å². The Bertz CT molecular complexity index is 880. The van der Waals surface area contributed by atoms with Crippen molar-refractivity contribution >= 4 is 17.7 Å². The predicted molar refractivity (Wildman–Crippen MR) is 102 cm³/mol. The molecule has 1 aromatic heterocycles. The summed E-state index contributed by atoms with van der Waals surface area (Å²) in [7, 11) is 0. The lowest BCUT2D eigenvalue weighted by Crippen LogP contribution is -2.33. The van der Waals surface area contributed by atoms with Gasteiger partial charge in [-0.1, -0.05) is 30.0 Å². The molecule has 0 aliphatic heterocycles. The summed E-state index contributed by atoms with van der Waals surface area (Å²) in [6, 6.07) is 6.39. The van der Waals surface area contributed by atoms with Crippen LogP contribution in [0.5, 0.6) is 0 Å². The maximum atomic E-state index is 12.2. The lowest BCUT2D eigenvalue weighted by molar-refractivity contribution is -0.119. The highest BCUT2D eigenvalue weighted by molar-refractivity contribution is 7.99. The maximum Gasteiger partial charge on any atom is 0.294 e. The van der Waals surface area contributed by atoms with Crippen molar-refractivity contribution in [2.24, 2.45) is 0 Å². The number of fused-ring (bicyclic) bond motifs is 1. The number of rotatable bonds is 5. The van der Waals surface area contributed by atoms with Crippen molar-refractivity contribution in [2.75, 3.05) is 11.6 Å². The number of nitrogen functional groups attached to an aromatic ring is 1. The summed E-state index contributed by atoms with van der Waals surface area (Å²) >= 11 is 1.09. The third-order valence-corrected chi connectivity index (χ3v) is 5.55. The van der Waals surface area contributed by atoms with Gasteiger partial charge in [0.05, 0.1) is 11.8 Å². The van der Waals surface area contributed by atoms with Crippen LogP contribution >= 0.6 is 11.8 Å². The van der Waals surface area contributed by atoms with Gasteiger partial charge in [0.15, 0.2) is 0 Å². The minimum absolute atomic E-state index is 0.0838. The first kappa shape index (κ1) is 18.4. The molecule has 0 radical (unpaired) electrons. The maximum absolute atomic E-state index is 12.2. The number of aromatic nitrogens is 3. The van der Waals surface area contributed by atoms with Crippen LogP contribution in [0.25, 0.3) is 0 Å². The quantitative estimate of drug-likeness (QED) is 0.608. The lowest BCUT2D eigenvalue weighted by atomic mass is 9.89. The van der Waals surface area contributed by atoms with Crippen molar-refractivity contribution in [3.63, 3.8) is 0 Å². The Morgan fingerprint density at radius 2 is 2.04 bits per heavy atom. The summed E-state index contributed by atoms with van der Waals surface area (Å²) in [5, 5.41) is 10.8. The summed E-state index contributed by atoms with van der Waals surface area (Å²) in [6.45, 7) is 3.51. The molecule has 0 bridgehead atoms. The van der Waals surface area contributed by atoms with E-state index in [-0.39, 0.29) is 28.6 Å². The zero-order valence-electron chi connectivity index (χ0n) is 15.0. The predicted octanol–water partition coefficient (Wildman–Crippen LogP) is 1.51. The number of hydrogen-bond acceptors (Lipinski definition) is 6. The number of nitrogens with zero attached hydrogens (tertiary/aromatic N) is 3. The zero-order chi connectivity index (χ0) is 18.7. The van der Waals surface area contributed by atoms with Gasteiger partial charge in [-0.25, -0.2) is 0 Å².